The molecule has 180 valence electrons. The minimum atomic E-state index is -0.738. The van der Waals surface area contributed by atoms with Crippen molar-refractivity contribution in [1.82, 2.24) is 14.8 Å². The number of aromatic nitrogens is 1. The van der Waals surface area contributed by atoms with Crippen molar-refractivity contribution >= 4 is 17.4 Å². The Morgan fingerprint density at radius 3 is 2.50 bits per heavy atom. The maximum absolute atomic E-state index is 13.1. The zero-order valence-electron chi connectivity index (χ0n) is 19.6. The molecule has 8 heteroatoms. The molecule has 1 aromatic carbocycles. The Bertz CT molecular complexity index is 1030. The van der Waals surface area contributed by atoms with Crippen LogP contribution in [-0.2, 0) is 14.3 Å². The number of amides is 1. The zero-order valence-corrected chi connectivity index (χ0v) is 19.6. The van der Waals surface area contributed by atoms with Gasteiger partial charge in [-0.2, -0.15) is 0 Å². The van der Waals surface area contributed by atoms with Crippen LogP contribution in [0.2, 0.25) is 0 Å². The van der Waals surface area contributed by atoms with Crippen LogP contribution in [0.4, 0.5) is 0 Å². The number of nitrogens with zero attached hydrogens (tertiary/aromatic N) is 3. The molecular formula is C26H31N3O5. The Hall–Kier alpha value is -3.23. The fraction of sp³-hybridized carbons (Fsp3) is 0.423. The van der Waals surface area contributed by atoms with E-state index in [1.165, 1.54) is 4.90 Å². The normalized spacial score (nSPS) is 20.8. The van der Waals surface area contributed by atoms with Crippen molar-refractivity contribution in [3.05, 3.63) is 65.5 Å². The van der Waals surface area contributed by atoms with Gasteiger partial charge in [-0.1, -0.05) is 6.07 Å². The van der Waals surface area contributed by atoms with Crippen molar-refractivity contribution in [3.63, 3.8) is 0 Å². The molecule has 1 atom stereocenters. The van der Waals surface area contributed by atoms with Crippen LogP contribution in [0.25, 0.3) is 5.76 Å². The number of carbonyl (C=O) groups excluding carboxylic acids is 2. The lowest BCUT2D eigenvalue weighted by molar-refractivity contribution is -0.140. The highest BCUT2D eigenvalue weighted by Crippen LogP contribution is 2.38. The van der Waals surface area contributed by atoms with Gasteiger partial charge in [0.05, 0.1) is 30.6 Å². The van der Waals surface area contributed by atoms with Crippen LogP contribution in [0.3, 0.4) is 0 Å². The van der Waals surface area contributed by atoms with Gasteiger partial charge in [-0.3, -0.25) is 19.5 Å². The van der Waals surface area contributed by atoms with Crippen molar-refractivity contribution in [2.75, 3.05) is 39.4 Å². The van der Waals surface area contributed by atoms with Gasteiger partial charge >= 0.3 is 0 Å². The molecule has 0 radical (unpaired) electrons. The maximum Gasteiger partial charge on any atom is 0.295 e. The predicted octanol–water partition coefficient (Wildman–Crippen LogP) is 3.01. The number of ether oxygens (including phenoxy) is 2. The first kappa shape index (κ1) is 23.9. The van der Waals surface area contributed by atoms with Crippen LogP contribution in [0.1, 0.15) is 37.6 Å². The van der Waals surface area contributed by atoms with E-state index in [0.29, 0.717) is 43.2 Å². The molecule has 0 saturated carbocycles. The summed E-state index contributed by atoms with van der Waals surface area (Å²) in [6.45, 7) is 8.19. The first-order chi connectivity index (χ1) is 16.5. The van der Waals surface area contributed by atoms with E-state index in [1.807, 2.05) is 19.9 Å². The first-order valence-corrected chi connectivity index (χ1v) is 11.7. The molecule has 0 spiro atoms. The smallest absolute Gasteiger partial charge is 0.295 e. The van der Waals surface area contributed by atoms with Gasteiger partial charge in [-0.15, -0.1) is 0 Å². The van der Waals surface area contributed by atoms with Crippen LogP contribution >= 0.6 is 0 Å². The summed E-state index contributed by atoms with van der Waals surface area (Å²) in [4.78, 5) is 34.4. The van der Waals surface area contributed by atoms with Crippen LogP contribution in [-0.4, -0.2) is 77.1 Å². The molecule has 2 aromatic rings. The van der Waals surface area contributed by atoms with Crippen LogP contribution < -0.4 is 4.74 Å². The van der Waals surface area contributed by atoms with Gasteiger partial charge in [0, 0.05) is 37.9 Å². The second-order valence-corrected chi connectivity index (χ2v) is 8.75. The predicted molar refractivity (Wildman–Crippen MR) is 127 cm³/mol. The number of morpholine rings is 1. The van der Waals surface area contributed by atoms with Gasteiger partial charge in [-0.25, -0.2) is 0 Å². The van der Waals surface area contributed by atoms with Crippen LogP contribution in [0.15, 0.2) is 54.2 Å². The van der Waals surface area contributed by atoms with E-state index in [2.05, 4.69) is 9.88 Å². The molecule has 1 N–H and O–H groups in total. The van der Waals surface area contributed by atoms with Gasteiger partial charge in [0.2, 0.25) is 0 Å². The van der Waals surface area contributed by atoms with Crippen LogP contribution in [0, 0.1) is 0 Å². The van der Waals surface area contributed by atoms with Gasteiger partial charge < -0.3 is 19.5 Å². The molecule has 1 aromatic heterocycles. The summed E-state index contributed by atoms with van der Waals surface area (Å²) in [6.07, 6.45) is 2.35. The monoisotopic (exact) mass is 465 g/mol. The molecule has 1 amide bonds. The molecule has 34 heavy (non-hydrogen) atoms. The molecule has 2 saturated heterocycles. The quantitative estimate of drug-likeness (QED) is 0.364. The molecule has 2 aliphatic rings. The Morgan fingerprint density at radius 2 is 1.85 bits per heavy atom. The lowest BCUT2D eigenvalue weighted by atomic mass is 9.98. The third-order valence-electron chi connectivity index (χ3n) is 5.98. The summed E-state index contributed by atoms with van der Waals surface area (Å²) in [5.41, 5.74) is 1.06. The Labute approximate surface area is 199 Å². The lowest BCUT2D eigenvalue weighted by Crippen LogP contribution is -2.39. The van der Waals surface area contributed by atoms with Gasteiger partial charge in [0.15, 0.2) is 0 Å². The van der Waals surface area contributed by atoms with Gasteiger partial charge in [-0.05, 0) is 56.7 Å². The van der Waals surface area contributed by atoms with Gasteiger partial charge in [0.25, 0.3) is 11.7 Å². The number of aliphatic hydroxyl groups is 1. The van der Waals surface area contributed by atoms with Crippen LogP contribution in [0.5, 0.6) is 5.75 Å². The number of hydrogen-bond donors (Lipinski definition) is 1. The Balaban J connectivity index is 1.62. The molecule has 0 aliphatic carbocycles. The van der Waals surface area contributed by atoms with Crippen molar-refractivity contribution in [3.8, 4) is 5.75 Å². The summed E-state index contributed by atoms with van der Waals surface area (Å²) in [6, 6.07) is 11.5. The van der Waals surface area contributed by atoms with Crippen molar-refractivity contribution in [2.45, 2.75) is 32.4 Å². The number of likely N-dealkylation sites (tertiary alicyclic amines) is 1. The number of pyridine rings is 1. The van der Waals surface area contributed by atoms with E-state index in [1.54, 1.807) is 42.6 Å². The summed E-state index contributed by atoms with van der Waals surface area (Å²) in [5.74, 6) is -0.849. The summed E-state index contributed by atoms with van der Waals surface area (Å²) >= 11 is 0. The summed E-state index contributed by atoms with van der Waals surface area (Å²) in [7, 11) is 0. The first-order valence-electron chi connectivity index (χ1n) is 11.7. The average molecular weight is 466 g/mol. The lowest BCUT2D eigenvalue weighted by Gasteiger charge is -2.28. The molecule has 0 bridgehead atoms. The molecule has 4 rings (SSSR count). The highest BCUT2D eigenvalue weighted by molar-refractivity contribution is 6.46. The summed E-state index contributed by atoms with van der Waals surface area (Å²) in [5, 5.41) is 11.1. The third-order valence-corrected chi connectivity index (χ3v) is 5.98. The SMILES string of the molecule is CC(C)Oc1ccc(/C(O)=C2\C(=O)C(=O)N(CCCN3CCOCC3)[C@@H]2c2ccccn2)cc1. The largest absolute Gasteiger partial charge is 0.507 e. The standard InChI is InChI=1S/C26H31N3O5/c1-18(2)34-20-9-7-19(8-10-20)24(30)22-23(21-6-3-4-11-27-21)29(26(32)25(22)31)13-5-12-28-14-16-33-17-15-28/h3-4,6-11,18,23,30H,5,12-17H2,1-2H3/b24-22+/t23-/m1/s1. The summed E-state index contributed by atoms with van der Waals surface area (Å²) < 4.78 is 11.1. The van der Waals surface area contributed by atoms with E-state index in [-0.39, 0.29) is 17.4 Å². The zero-order chi connectivity index (χ0) is 24.1. The molecule has 0 unspecified atom stereocenters. The highest BCUT2D eigenvalue weighted by atomic mass is 16.5. The third kappa shape index (κ3) is 5.29. The second-order valence-electron chi connectivity index (χ2n) is 8.75. The van der Waals surface area contributed by atoms with E-state index >= 15 is 0 Å². The second kappa shape index (κ2) is 10.8. The van der Waals surface area contributed by atoms with Gasteiger partial charge in [0.1, 0.15) is 17.6 Å². The van der Waals surface area contributed by atoms with E-state index in [0.717, 1.165) is 19.6 Å². The molecule has 2 fully saturated rings. The molecule has 3 heterocycles. The van der Waals surface area contributed by atoms with E-state index < -0.39 is 17.7 Å². The fourth-order valence-corrected chi connectivity index (χ4v) is 4.36. The average Bonchev–Trinajstić information content (AvgIpc) is 3.10. The minimum absolute atomic E-state index is 0.0198. The van der Waals surface area contributed by atoms with Crippen molar-refractivity contribution < 1.29 is 24.2 Å². The maximum atomic E-state index is 13.1. The molecular weight excluding hydrogens is 434 g/mol. The number of ketones is 1. The molecule has 2 aliphatic heterocycles. The number of carbonyl (C=O) groups is 2. The number of Topliss-reactive ketones (excluding diaryl/α,β-unsaturated/α-hetero) is 1. The topological polar surface area (TPSA) is 92.2 Å². The Morgan fingerprint density at radius 1 is 1.12 bits per heavy atom. The van der Waals surface area contributed by atoms with Crippen molar-refractivity contribution in [1.29, 1.82) is 0 Å². The van der Waals surface area contributed by atoms with Crippen molar-refractivity contribution in [2.24, 2.45) is 0 Å². The minimum Gasteiger partial charge on any atom is -0.507 e. The molecule has 8 nitrogen and oxygen atoms in total. The number of hydrogen-bond acceptors (Lipinski definition) is 7. The van der Waals surface area contributed by atoms with E-state index in [4.69, 9.17) is 9.47 Å². The number of aliphatic hydroxyl groups excluding tert-OH is 1. The number of rotatable bonds is 8. The number of benzene rings is 1. The Kier molecular flexibility index (Phi) is 7.59. The highest BCUT2D eigenvalue weighted by Gasteiger charge is 2.46. The van der Waals surface area contributed by atoms with E-state index in [9.17, 15) is 14.7 Å². The fourth-order valence-electron chi connectivity index (χ4n) is 4.36.